The summed E-state index contributed by atoms with van der Waals surface area (Å²) in [5.41, 5.74) is 0.997. The van der Waals surface area contributed by atoms with Gasteiger partial charge in [-0.3, -0.25) is 0 Å². The van der Waals surface area contributed by atoms with E-state index in [1.165, 1.54) is 0 Å². The van der Waals surface area contributed by atoms with Crippen LogP contribution in [-0.4, -0.2) is 54.2 Å². The molecule has 134 valence electrons. The molecule has 2 aromatic rings. The van der Waals surface area contributed by atoms with Crippen LogP contribution in [0.4, 0.5) is 0 Å². The summed E-state index contributed by atoms with van der Waals surface area (Å²) >= 11 is 0. The topological polar surface area (TPSA) is 60.6 Å². The van der Waals surface area contributed by atoms with Crippen LogP contribution >= 0.6 is 0 Å². The molecule has 2 fully saturated rings. The van der Waals surface area contributed by atoms with E-state index in [2.05, 4.69) is 15.0 Å². The van der Waals surface area contributed by atoms with E-state index in [-0.39, 0.29) is 6.29 Å². The molecule has 0 radical (unpaired) electrons. The standard InChI is InChI=1S/C19H25N3O3/c1-2-6-15(7-3-1)18-20-19(25-21-18)16-8-4-10-22(14-16)11-9-17-23-12-5-13-24-17/h1-3,6-7,16-17H,4-5,8-14H2. The molecule has 1 aromatic carbocycles. The van der Waals surface area contributed by atoms with Crippen molar-refractivity contribution in [3.63, 3.8) is 0 Å². The molecule has 3 heterocycles. The highest BCUT2D eigenvalue weighted by molar-refractivity contribution is 5.53. The van der Waals surface area contributed by atoms with Gasteiger partial charge in [-0.05, 0) is 25.8 Å². The molecule has 6 heteroatoms. The molecule has 0 saturated carbocycles. The van der Waals surface area contributed by atoms with Crippen LogP contribution in [0, 0.1) is 0 Å². The third-order valence-corrected chi connectivity index (χ3v) is 4.91. The van der Waals surface area contributed by atoms with Gasteiger partial charge in [0.05, 0.1) is 19.1 Å². The molecule has 2 saturated heterocycles. The van der Waals surface area contributed by atoms with Crippen LogP contribution in [0.2, 0.25) is 0 Å². The van der Waals surface area contributed by atoms with Crippen molar-refractivity contribution in [3.8, 4) is 11.4 Å². The third-order valence-electron chi connectivity index (χ3n) is 4.91. The van der Waals surface area contributed by atoms with E-state index >= 15 is 0 Å². The van der Waals surface area contributed by atoms with Gasteiger partial charge < -0.3 is 18.9 Å². The first kappa shape index (κ1) is 16.7. The van der Waals surface area contributed by atoms with Crippen LogP contribution in [-0.2, 0) is 9.47 Å². The molecule has 0 N–H and O–H groups in total. The van der Waals surface area contributed by atoms with Gasteiger partial charge in [-0.15, -0.1) is 0 Å². The second kappa shape index (κ2) is 8.08. The number of rotatable bonds is 5. The van der Waals surface area contributed by atoms with Crippen LogP contribution in [0.25, 0.3) is 11.4 Å². The van der Waals surface area contributed by atoms with E-state index in [1.807, 2.05) is 30.3 Å². The second-order valence-electron chi connectivity index (χ2n) is 6.78. The summed E-state index contributed by atoms with van der Waals surface area (Å²) in [6.45, 7) is 4.70. The van der Waals surface area contributed by atoms with Gasteiger partial charge in [-0.2, -0.15) is 4.98 Å². The average molecular weight is 343 g/mol. The van der Waals surface area contributed by atoms with Crippen molar-refractivity contribution in [2.45, 2.75) is 37.9 Å². The highest BCUT2D eigenvalue weighted by Crippen LogP contribution is 2.27. The summed E-state index contributed by atoms with van der Waals surface area (Å²) in [5.74, 6) is 1.75. The van der Waals surface area contributed by atoms with Gasteiger partial charge in [-0.1, -0.05) is 35.5 Å². The monoisotopic (exact) mass is 343 g/mol. The smallest absolute Gasteiger partial charge is 0.231 e. The molecule has 0 spiro atoms. The van der Waals surface area contributed by atoms with Gasteiger partial charge >= 0.3 is 0 Å². The highest BCUT2D eigenvalue weighted by atomic mass is 16.7. The minimum atomic E-state index is -0.0396. The predicted octanol–water partition coefficient (Wildman–Crippen LogP) is 3.07. The first-order chi connectivity index (χ1) is 12.4. The fraction of sp³-hybridized carbons (Fsp3) is 0.579. The zero-order valence-electron chi connectivity index (χ0n) is 14.5. The number of aromatic nitrogens is 2. The van der Waals surface area contributed by atoms with Crippen LogP contribution in [0.5, 0.6) is 0 Å². The quantitative estimate of drug-likeness (QED) is 0.831. The number of hydrogen-bond donors (Lipinski definition) is 0. The minimum absolute atomic E-state index is 0.0396. The summed E-state index contributed by atoms with van der Waals surface area (Å²) in [6.07, 6.45) is 4.14. The van der Waals surface area contributed by atoms with Gasteiger partial charge in [0.1, 0.15) is 0 Å². The van der Waals surface area contributed by atoms with Crippen molar-refractivity contribution in [1.82, 2.24) is 15.0 Å². The van der Waals surface area contributed by atoms with Gasteiger partial charge in [0.15, 0.2) is 6.29 Å². The summed E-state index contributed by atoms with van der Waals surface area (Å²) in [7, 11) is 0. The zero-order valence-corrected chi connectivity index (χ0v) is 14.5. The van der Waals surface area contributed by atoms with Crippen molar-refractivity contribution in [3.05, 3.63) is 36.2 Å². The van der Waals surface area contributed by atoms with E-state index in [1.54, 1.807) is 0 Å². The Balaban J connectivity index is 1.34. The number of benzene rings is 1. The molecule has 4 rings (SSSR count). The maximum Gasteiger partial charge on any atom is 0.231 e. The largest absolute Gasteiger partial charge is 0.353 e. The maximum absolute atomic E-state index is 5.64. The number of hydrogen-bond acceptors (Lipinski definition) is 6. The van der Waals surface area contributed by atoms with Crippen molar-refractivity contribution >= 4 is 0 Å². The highest BCUT2D eigenvalue weighted by Gasteiger charge is 2.27. The SMILES string of the molecule is c1ccc(-c2noc(C3CCCN(CCC4OCCCO4)C3)n2)cc1. The lowest BCUT2D eigenvalue weighted by molar-refractivity contribution is -0.182. The van der Waals surface area contributed by atoms with E-state index in [4.69, 9.17) is 14.0 Å². The first-order valence-corrected chi connectivity index (χ1v) is 9.23. The molecule has 25 heavy (non-hydrogen) atoms. The summed E-state index contributed by atoms with van der Waals surface area (Å²) < 4.78 is 16.9. The Bertz CT molecular complexity index is 655. The van der Waals surface area contributed by atoms with Crippen LogP contribution in [0.15, 0.2) is 34.9 Å². The first-order valence-electron chi connectivity index (χ1n) is 9.23. The number of nitrogens with zero attached hydrogens (tertiary/aromatic N) is 3. The fourth-order valence-corrected chi connectivity index (χ4v) is 3.56. The van der Waals surface area contributed by atoms with Crippen molar-refractivity contribution in [2.24, 2.45) is 0 Å². The van der Waals surface area contributed by atoms with Crippen LogP contribution in [0.3, 0.4) is 0 Å². The Morgan fingerprint density at radius 3 is 2.76 bits per heavy atom. The van der Waals surface area contributed by atoms with Crippen LogP contribution < -0.4 is 0 Å². The molecule has 0 amide bonds. The third kappa shape index (κ3) is 4.26. The van der Waals surface area contributed by atoms with Gasteiger partial charge in [-0.25, -0.2) is 0 Å². The van der Waals surface area contributed by atoms with E-state index in [9.17, 15) is 0 Å². The molecular formula is C19H25N3O3. The Morgan fingerprint density at radius 1 is 1.08 bits per heavy atom. The lowest BCUT2D eigenvalue weighted by Crippen LogP contribution is -2.37. The van der Waals surface area contributed by atoms with Crippen molar-refractivity contribution in [2.75, 3.05) is 32.8 Å². The maximum atomic E-state index is 5.64. The number of ether oxygens (including phenoxy) is 2. The lowest BCUT2D eigenvalue weighted by Gasteiger charge is -2.32. The molecule has 2 aliphatic rings. The van der Waals surface area contributed by atoms with E-state index in [0.717, 1.165) is 70.0 Å². The number of likely N-dealkylation sites (tertiary alicyclic amines) is 1. The van der Waals surface area contributed by atoms with E-state index < -0.39 is 0 Å². The second-order valence-corrected chi connectivity index (χ2v) is 6.78. The molecule has 1 unspecified atom stereocenters. The van der Waals surface area contributed by atoms with Crippen molar-refractivity contribution in [1.29, 1.82) is 0 Å². The molecule has 6 nitrogen and oxygen atoms in total. The predicted molar refractivity (Wildman–Crippen MR) is 93.1 cm³/mol. The summed E-state index contributed by atoms with van der Waals surface area (Å²) in [4.78, 5) is 7.09. The van der Waals surface area contributed by atoms with Crippen LogP contribution in [0.1, 0.15) is 37.5 Å². The summed E-state index contributed by atoms with van der Waals surface area (Å²) in [5, 5.41) is 4.16. The summed E-state index contributed by atoms with van der Waals surface area (Å²) in [6, 6.07) is 9.98. The Hall–Kier alpha value is -1.76. The molecular weight excluding hydrogens is 318 g/mol. The average Bonchev–Trinajstić information content (AvgIpc) is 3.18. The normalized spacial score (nSPS) is 23.0. The fourth-order valence-electron chi connectivity index (χ4n) is 3.56. The molecule has 1 atom stereocenters. The van der Waals surface area contributed by atoms with E-state index in [0.29, 0.717) is 11.7 Å². The Morgan fingerprint density at radius 2 is 1.92 bits per heavy atom. The molecule has 1 aromatic heterocycles. The van der Waals surface area contributed by atoms with Gasteiger partial charge in [0, 0.05) is 25.1 Å². The van der Waals surface area contributed by atoms with Crippen molar-refractivity contribution < 1.29 is 14.0 Å². The lowest BCUT2D eigenvalue weighted by atomic mass is 9.98. The minimum Gasteiger partial charge on any atom is -0.353 e. The Kier molecular flexibility index (Phi) is 5.40. The Labute approximate surface area is 148 Å². The molecule has 0 bridgehead atoms. The van der Waals surface area contributed by atoms with Gasteiger partial charge in [0.2, 0.25) is 11.7 Å². The molecule has 0 aliphatic carbocycles. The number of piperidine rings is 1. The molecule has 2 aliphatic heterocycles. The van der Waals surface area contributed by atoms with Gasteiger partial charge in [0.25, 0.3) is 0 Å². The zero-order chi connectivity index (χ0) is 16.9.